The number of benzene rings is 2. The van der Waals surface area contributed by atoms with Gasteiger partial charge in [-0.1, -0.05) is 30.3 Å². The maximum Gasteiger partial charge on any atom is 0.139 e. The van der Waals surface area contributed by atoms with Crippen molar-refractivity contribution in [1.82, 2.24) is 10.2 Å². The molecule has 0 aliphatic rings. The average Bonchev–Trinajstić information content (AvgIpc) is 2.44. The molecule has 94 valence electrons. The number of aryl methyl sites for hydroxylation is 1. The van der Waals surface area contributed by atoms with E-state index in [9.17, 15) is 5.11 Å². The van der Waals surface area contributed by atoms with Crippen molar-refractivity contribution in [2.24, 2.45) is 0 Å². The molecule has 1 aromatic heterocycles. The highest BCUT2D eigenvalue weighted by atomic mass is 16.3. The minimum Gasteiger partial charge on any atom is -0.506 e. The van der Waals surface area contributed by atoms with E-state index >= 15 is 0 Å². The molecule has 2 N–H and O–H groups in total. The van der Waals surface area contributed by atoms with Gasteiger partial charge in [0.25, 0.3) is 0 Å². The molecular weight excluding hydrogens is 238 g/mol. The third-order valence-electron chi connectivity index (χ3n) is 3.01. The van der Waals surface area contributed by atoms with Crippen molar-refractivity contribution in [3.05, 3.63) is 54.2 Å². The maximum absolute atomic E-state index is 9.84. The number of aromatic hydroxyl groups is 1. The van der Waals surface area contributed by atoms with Crippen LogP contribution in [0.5, 0.6) is 5.75 Å². The summed E-state index contributed by atoms with van der Waals surface area (Å²) in [5, 5.41) is 22.3. The van der Waals surface area contributed by atoms with Gasteiger partial charge >= 0.3 is 0 Å². The minimum atomic E-state index is 0.211. The van der Waals surface area contributed by atoms with Gasteiger partial charge < -0.3 is 10.4 Å². The van der Waals surface area contributed by atoms with Crippen LogP contribution in [0.3, 0.4) is 0 Å². The zero-order chi connectivity index (χ0) is 13.2. The number of hydrogen-bond acceptors (Lipinski definition) is 4. The van der Waals surface area contributed by atoms with E-state index < -0.39 is 0 Å². The molecule has 0 aliphatic heterocycles. The van der Waals surface area contributed by atoms with Crippen LogP contribution in [0.4, 0.5) is 11.4 Å². The molecule has 0 spiro atoms. The van der Waals surface area contributed by atoms with Crippen LogP contribution in [0, 0.1) is 6.92 Å². The average molecular weight is 251 g/mol. The lowest BCUT2D eigenvalue weighted by Gasteiger charge is -2.12. The topological polar surface area (TPSA) is 58.0 Å². The van der Waals surface area contributed by atoms with E-state index in [1.54, 1.807) is 12.1 Å². The molecule has 0 saturated carbocycles. The van der Waals surface area contributed by atoms with Crippen LogP contribution < -0.4 is 5.32 Å². The molecular formula is C15H13N3O. The number of para-hydroxylation sites is 2. The van der Waals surface area contributed by atoms with Gasteiger partial charge in [0.15, 0.2) is 0 Å². The van der Waals surface area contributed by atoms with Crippen molar-refractivity contribution in [3.63, 3.8) is 0 Å². The van der Waals surface area contributed by atoms with Gasteiger partial charge in [-0.05, 0) is 25.1 Å². The van der Waals surface area contributed by atoms with Crippen LogP contribution >= 0.6 is 0 Å². The zero-order valence-corrected chi connectivity index (χ0v) is 10.5. The number of phenols is 1. The van der Waals surface area contributed by atoms with Gasteiger partial charge in [0, 0.05) is 5.39 Å². The lowest BCUT2D eigenvalue weighted by Crippen LogP contribution is -1.99. The Hall–Kier alpha value is -2.62. The number of anilines is 2. The van der Waals surface area contributed by atoms with E-state index in [4.69, 9.17) is 0 Å². The Kier molecular flexibility index (Phi) is 2.76. The Morgan fingerprint density at radius 2 is 1.68 bits per heavy atom. The Morgan fingerprint density at radius 3 is 2.53 bits per heavy atom. The number of nitrogens with zero attached hydrogens (tertiary/aromatic N) is 2. The fourth-order valence-corrected chi connectivity index (χ4v) is 2.02. The summed E-state index contributed by atoms with van der Waals surface area (Å²) in [4.78, 5) is 0. The minimum absolute atomic E-state index is 0.211. The highest BCUT2D eigenvalue weighted by Gasteiger charge is 2.08. The maximum atomic E-state index is 9.84. The first kappa shape index (κ1) is 11.5. The van der Waals surface area contributed by atoms with Gasteiger partial charge in [0.05, 0.1) is 22.6 Å². The van der Waals surface area contributed by atoms with E-state index in [2.05, 4.69) is 15.5 Å². The molecule has 2 aromatic carbocycles. The van der Waals surface area contributed by atoms with Crippen LogP contribution in [0.2, 0.25) is 0 Å². The highest BCUT2D eigenvalue weighted by molar-refractivity contribution is 5.94. The molecule has 3 rings (SSSR count). The number of hydrogen-bond donors (Lipinski definition) is 2. The van der Waals surface area contributed by atoms with Crippen LogP contribution in [-0.4, -0.2) is 15.3 Å². The van der Waals surface area contributed by atoms with Crippen molar-refractivity contribution >= 4 is 22.3 Å². The van der Waals surface area contributed by atoms with Gasteiger partial charge in [-0.3, -0.25) is 0 Å². The SMILES string of the molecule is Cc1nnc2ccccc2c1Nc1ccccc1O. The molecule has 0 bridgehead atoms. The lowest BCUT2D eigenvalue weighted by atomic mass is 10.1. The van der Waals surface area contributed by atoms with E-state index in [1.165, 1.54) is 0 Å². The number of nitrogens with one attached hydrogen (secondary N) is 1. The van der Waals surface area contributed by atoms with Crippen LogP contribution in [-0.2, 0) is 0 Å². The summed E-state index contributed by atoms with van der Waals surface area (Å²) in [6, 6.07) is 14.9. The summed E-state index contributed by atoms with van der Waals surface area (Å²) < 4.78 is 0. The second-order valence-electron chi connectivity index (χ2n) is 4.32. The van der Waals surface area contributed by atoms with E-state index in [0.29, 0.717) is 5.69 Å². The summed E-state index contributed by atoms with van der Waals surface area (Å²) >= 11 is 0. The molecule has 0 aliphatic carbocycles. The number of aromatic nitrogens is 2. The van der Waals surface area contributed by atoms with Crippen LogP contribution in [0.1, 0.15) is 5.69 Å². The van der Waals surface area contributed by atoms with E-state index in [0.717, 1.165) is 22.3 Å². The third-order valence-corrected chi connectivity index (χ3v) is 3.01. The fraction of sp³-hybridized carbons (Fsp3) is 0.0667. The van der Waals surface area contributed by atoms with Crippen LogP contribution in [0.15, 0.2) is 48.5 Å². The first-order chi connectivity index (χ1) is 9.25. The summed E-state index contributed by atoms with van der Waals surface area (Å²) in [6.45, 7) is 1.89. The molecule has 1 heterocycles. The van der Waals surface area contributed by atoms with Gasteiger partial charge in [-0.15, -0.1) is 0 Å². The monoisotopic (exact) mass is 251 g/mol. The lowest BCUT2D eigenvalue weighted by molar-refractivity contribution is 0.478. The van der Waals surface area contributed by atoms with Crippen molar-refractivity contribution in [1.29, 1.82) is 0 Å². The van der Waals surface area contributed by atoms with Gasteiger partial charge in [0.1, 0.15) is 5.75 Å². The first-order valence-electron chi connectivity index (χ1n) is 6.03. The van der Waals surface area contributed by atoms with E-state index in [1.807, 2.05) is 43.3 Å². The fourth-order valence-electron chi connectivity index (χ4n) is 2.02. The second-order valence-corrected chi connectivity index (χ2v) is 4.32. The zero-order valence-electron chi connectivity index (χ0n) is 10.5. The second kappa shape index (κ2) is 4.57. The highest BCUT2D eigenvalue weighted by Crippen LogP contribution is 2.31. The Bertz CT molecular complexity index is 740. The number of phenolic OH excluding ortho intramolecular Hbond substituents is 1. The standard InChI is InChI=1S/C15H13N3O/c1-10-15(16-13-8-4-5-9-14(13)19)11-6-2-3-7-12(11)18-17-10/h2-9,19H,1H3,(H,16,18). The molecule has 0 saturated heterocycles. The first-order valence-corrected chi connectivity index (χ1v) is 6.03. The molecule has 0 radical (unpaired) electrons. The Labute approximate surface area is 110 Å². The molecule has 4 heteroatoms. The summed E-state index contributed by atoms with van der Waals surface area (Å²) in [6.07, 6.45) is 0. The molecule has 0 atom stereocenters. The molecule has 0 fully saturated rings. The van der Waals surface area contributed by atoms with Gasteiger partial charge in [0.2, 0.25) is 0 Å². The van der Waals surface area contributed by atoms with Crippen LogP contribution in [0.25, 0.3) is 10.9 Å². The smallest absolute Gasteiger partial charge is 0.139 e. The summed E-state index contributed by atoms with van der Waals surface area (Å²) in [5.74, 6) is 0.211. The molecule has 19 heavy (non-hydrogen) atoms. The Morgan fingerprint density at radius 1 is 0.947 bits per heavy atom. The van der Waals surface area contributed by atoms with Gasteiger partial charge in [-0.2, -0.15) is 10.2 Å². The molecule has 4 nitrogen and oxygen atoms in total. The van der Waals surface area contributed by atoms with E-state index in [-0.39, 0.29) is 5.75 Å². The predicted molar refractivity (Wildman–Crippen MR) is 75.7 cm³/mol. The van der Waals surface area contributed by atoms with Crippen molar-refractivity contribution in [3.8, 4) is 5.75 Å². The Balaban J connectivity index is 2.15. The largest absolute Gasteiger partial charge is 0.506 e. The number of fused-ring (bicyclic) bond motifs is 1. The quantitative estimate of drug-likeness (QED) is 0.685. The normalized spacial score (nSPS) is 10.6. The van der Waals surface area contributed by atoms with Crippen molar-refractivity contribution in [2.75, 3.05) is 5.32 Å². The third kappa shape index (κ3) is 2.08. The summed E-state index contributed by atoms with van der Waals surface area (Å²) in [5.41, 5.74) is 3.14. The van der Waals surface area contributed by atoms with Gasteiger partial charge in [-0.25, -0.2) is 0 Å². The van der Waals surface area contributed by atoms with Crippen molar-refractivity contribution < 1.29 is 5.11 Å². The molecule has 0 amide bonds. The van der Waals surface area contributed by atoms with Crippen molar-refractivity contribution in [2.45, 2.75) is 6.92 Å². The number of rotatable bonds is 2. The molecule has 0 unspecified atom stereocenters. The molecule has 3 aromatic rings. The predicted octanol–water partition coefficient (Wildman–Crippen LogP) is 3.39. The summed E-state index contributed by atoms with van der Waals surface area (Å²) in [7, 11) is 0.